The summed E-state index contributed by atoms with van der Waals surface area (Å²) in [7, 11) is 0. The first-order chi connectivity index (χ1) is 9.47. The average molecular weight is 280 g/mol. The van der Waals surface area contributed by atoms with Gasteiger partial charge < -0.3 is 15.4 Å². The van der Waals surface area contributed by atoms with Crippen molar-refractivity contribution >= 4 is 23.4 Å². The molecule has 0 atom stereocenters. The summed E-state index contributed by atoms with van der Waals surface area (Å²) in [5.41, 5.74) is 0.670. The Morgan fingerprint density at radius 1 is 1.25 bits per heavy atom. The molecule has 2 N–H and O–H groups in total. The van der Waals surface area contributed by atoms with Crippen LogP contribution in [0.25, 0.3) is 6.08 Å². The molecule has 0 unspecified atom stereocenters. The number of aliphatic carboxylic acids is 1. The molecule has 6 heteroatoms. The van der Waals surface area contributed by atoms with Crippen LogP contribution < -0.4 is 4.90 Å². The minimum Gasteiger partial charge on any atom is -0.478 e. The van der Waals surface area contributed by atoms with Crippen molar-refractivity contribution in [3.05, 3.63) is 35.4 Å². The molecule has 0 bridgehead atoms. The molecule has 1 fully saturated rings. The highest BCUT2D eigenvalue weighted by molar-refractivity contribution is 5.85. The number of carboxylic acid groups (broad SMARTS) is 1. The summed E-state index contributed by atoms with van der Waals surface area (Å²) >= 11 is 0. The molecule has 1 heterocycles. The van der Waals surface area contributed by atoms with E-state index in [0.29, 0.717) is 31.6 Å². The van der Waals surface area contributed by atoms with Crippen LogP contribution in [0.15, 0.2) is 18.2 Å². The minimum absolute atomic E-state index is 0.0987. The van der Waals surface area contributed by atoms with Crippen molar-refractivity contribution < 1.29 is 18.7 Å². The molecule has 106 valence electrons. The summed E-state index contributed by atoms with van der Waals surface area (Å²) in [6.45, 7) is 0.971. The summed E-state index contributed by atoms with van der Waals surface area (Å²) in [5, 5.41) is 16.0. The molecule has 0 aromatic heterocycles. The molecule has 2 rings (SSSR count). The van der Waals surface area contributed by atoms with Gasteiger partial charge in [0.25, 0.3) is 0 Å². The molecular formula is C14H14F2N2O2. The van der Waals surface area contributed by atoms with Gasteiger partial charge in [-0.25, -0.2) is 13.6 Å². The highest BCUT2D eigenvalue weighted by Gasteiger charge is 2.19. The topological polar surface area (TPSA) is 64.4 Å². The van der Waals surface area contributed by atoms with Crippen molar-refractivity contribution in [3.63, 3.8) is 0 Å². The molecule has 1 aromatic carbocycles. The Bertz CT molecular complexity index is 575. The molecule has 0 amide bonds. The van der Waals surface area contributed by atoms with Crippen molar-refractivity contribution in [3.8, 4) is 0 Å². The molecular weight excluding hydrogens is 266 g/mol. The lowest BCUT2D eigenvalue weighted by Crippen LogP contribution is -2.34. The lowest BCUT2D eigenvalue weighted by Gasteiger charge is -2.29. The van der Waals surface area contributed by atoms with Gasteiger partial charge in [-0.15, -0.1) is 0 Å². The van der Waals surface area contributed by atoms with E-state index in [1.165, 1.54) is 0 Å². The fraction of sp³-hybridized carbons (Fsp3) is 0.286. The lowest BCUT2D eigenvalue weighted by molar-refractivity contribution is -0.131. The van der Waals surface area contributed by atoms with Gasteiger partial charge in [-0.2, -0.15) is 0 Å². The first-order valence-corrected chi connectivity index (χ1v) is 6.18. The number of nitrogens with zero attached hydrogens (tertiary/aromatic N) is 1. The normalized spacial score (nSPS) is 15.9. The van der Waals surface area contributed by atoms with Gasteiger partial charge in [0.2, 0.25) is 0 Å². The lowest BCUT2D eigenvalue weighted by atomic mass is 10.1. The van der Waals surface area contributed by atoms with Crippen molar-refractivity contribution in [1.82, 2.24) is 0 Å². The quantitative estimate of drug-likeness (QED) is 0.837. The van der Waals surface area contributed by atoms with E-state index in [2.05, 4.69) is 0 Å². The Hall–Kier alpha value is -2.24. The standard InChI is InChI=1S/C14H14F2N2O2/c15-11-8-13(18-5-3-10(17)4-6-18)12(16)7-9(11)1-2-14(19)20/h1-2,7-8,17H,3-6H2,(H,19,20). The summed E-state index contributed by atoms with van der Waals surface area (Å²) in [6.07, 6.45) is 2.87. The molecule has 1 aliphatic rings. The van der Waals surface area contributed by atoms with E-state index in [-0.39, 0.29) is 11.3 Å². The van der Waals surface area contributed by atoms with Crippen LogP contribution in [0.3, 0.4) is 0 Å². The van der Waals surface area contributed by atoms with Gasteiger partial charge in [0, 0.05) is 49.3 Å². The third kappa shape index (κ3) is 3.20. The number of anilines is 1. The van der Waals surface area contributed by atoms with Crippen LogP contribution in [0.5, 0.6) is 0 Å². The monoisotopic (exact) mass is 280 g/mol. The van der Waals surface area contributed by atoms with E-state index in [4.69, 9.17) is 10.5 Å². The molecule has 0 radical (unpaired) electrons. The number of halogens is 2. The van der Waals surface area contributed by atoms with Gasteiger partial charge in [0.1, 0.15) is 11.6 Å². The molecule has 1 aromatic rings. The Balaban J connectivity index is 2.26. The van der Waals surface area contributed by atoms with Crippen LogP contribution in [0.4, 0.5) is 14.5 Å². The smallest absolute Gasteiger partial charge is 0.328 e. The van der Waals surface area contributed by atoms with Crippen LogP contribution in [0, 0.1) is 17.0 Å². The second kappa shape index (κ2) is 5.81. The van der Waals surface area contributed by atoms with E-state index >= 15 is 0 Å². The van der Waals surface area contributed by atoms with Crippen LogP contribution in [-0.4, -0.2) is 29.9 Å². The number of rotatable bonds is 3. The van der Waals surface area contributed by atoms with Gasteiger partial charge in [-0.1, -0.05) is 0 Å². The van der Waals surface area contributed by atoms with Crippen LogP contribution >= 0.6 is 0 Å². The number of benzene rings is 1. The summed E-state index contributed by atoms with van der Waals surface area (Å²) in [6, 6.07) is 2.07. The summed E-state index contributed by atoms with van der Waals surface area (Å²) in [5.74, 6) is -2.48. The Morgan fingerprint density at radius 3 is 2.50 bits per heavy atom. The molecule has 0 saturated carbocycles. The van der Waals surface area contributed by atoms with Crippen molar-refractivity contribution in [2.24, 2.45) is 0 Å². The van der Waals surface area contributed by atoms with Gasteiger partial charge >= 0.3 is 5.97 Å². The first kappa shape index (κ1) is 14.2. The highest BCUT2D eigenvalue weighted by atomic mass is 19.1. The van der Waals surface area contributed by atoms with E-state index in [1.807, 2.05) is 0 Å². The van der Waals surface area contributed by atoms with Crippen molar-refractivity contribution in [2.75, 3.05) is 18.0 Å². The van der Waals surface area contributed by atoms with Gasteiger partial charge in [0.15, 0.2) is 0 Å². The number of nitrogens with one attached hydrogen (secondary N) is 1. The fourth-order valence-electron chi connectivity index (χ4n) is 2.10. The maximum absolute atomic E-state index is 14.0. The predicted molar refractivity (Wildman–Crippen MR) is 72.2 cm³/mol. The van der Waals surface area contributed by atoms with E-state index in [0.717, 1.165) is 24.3 Å². The number of hydrogen-bond acceptors (Lipinski definition) is 3. The zero-order valence-electron chi connectivity index (χ0n) is 10.7. The second-order valence-electron chi connectivity index (χ2n) is 4.59. The summed E-state index contributed by atoms with van der Waals surface area (Å²) < 4.78 is 27.8. The maximum atomic E-state index is 14.0. The average Bonchev–Trinajstić information content (AvgIpc) is 2.40. The van der Waals surface area contributed by atoms with Crippen LogP contribution in [0.1, 0.15) is 18.4 Å². The van der Waals surface area contributed by atoms with E-state index in [9.17, 15) is 13.6 Å². The third-order valence-electron chi connectivity index (χ3n) is 3.18. The van der Waals surface area contributed by atoms with Crippen molar-refractivity contribution in [2.45, 2.75) is 12.8 Å². The minimum atomic E-state index is -1.22. The van der Waals surface area contributed by atoms with Crippen molar-refractivity contribution in [1.29, 1.82) is 5.41 Å². The number of carboxylic acids is 1. The fourth-order valence-corrected chi connectivity index (χ4v) is 2.10. The number of piperidine rings is 1. The molecule has 20 heavy (non-hydrogen) atoms. The zero-order valence-corrected chi connectivity index (χ0v) is 10.7. The molecule has 0 aliphatic carbocycles. The molecule has 1 saturated heterocycles. The Labute approximate surface area is 114 Å². The SMILES string of the molecule is N=C1CCN(c2cc(F)c(C=CC(=O)O)cc2F)CC1. The maximum Gasteiger partial charge on any atom is 0.328 e. The molecule has 0 spiro atoms. The Kier molecular flexibility index (Phi) is 4.12. The van der Waals surface area contributed by atoms with E-state index < -0.39 is 17.6 Å². The molecule has 4 nitrogen and oxygen atoms in total. The number of hydrogen-bond donors (Lipinski definition) is 2. The highest BCUT2D eigenvalue weighted by Crippen LogP contribution is 2.26. The Morgan fingerprint density at radius 2 is 1.90 bits per heavy atom. The van der Waals surface area contributed by atoms with Gasteiger partial charge in [-0.05, 0) is 12.1 Å². The largest absolute Gasteiger partial charge is 0.478 e. The van der Waals surface area contributed by atoms with E-state index in [1.54, 1.807) is 4.90 Å². The zero-order chi connectivity index (χ0) is 14.7. The molecule has 1 aliphatic heterocycles. The van der Waals surface area contributed by atoms with Gasteiger partial charge in [-0.3, -0.25) is 0 Å². The van der Waals surface area contributed by atoms with Gasteiger partial charge in [0.05, 0.1) is 5.69 Å². The first-order valence-electron chi connectivity index (χ1n) is 6.18. The van der Waals surface area contributed by atoms with Crippen LogP contribution in [0.2, 0.25) is 0 Å². The third-order valence-corrected chi connectivity index (χ3v) is 3.18. The number of carbonyl (C=O) groups is 1. The summed E-state index contributed by atoms with van der Waals surface area (Å²) in [4.78, 5) is 12.1. The van der Waals surface area contributed by atoms with Crippen LogP contribution in [-0.2, 0) is 4.79 Å². The second-order valence-corrected chi connectivity index (χ2v) is 4.59. The predicted octanol–water partition coefficient (Wildman–Crippen LogP) is 2.68.